The van der Waals surface area contributed by atoms with E-state index in [1.165, 1.54) is 0 Å². The zero-order valence-corrected chi connectivity index (χ0v) is 14.0. The Morgan fingerprint density at radius 3 is 2.80 bits per heavy atom. The Hall–Kier alpha value is -3.28. The second kappa shape index (κ2) is 8.01. The van der Waals surface area contributed by atoms with Crippen LogP contribution in [0.4, 0.5) is 5.69 Å². The minimum Gasteiger partial charge on any atom is -0.494 e. The van der Waals surface area contributed by atoms with Crippen molar-refractivity contribution in [2.45, 2.75) is 6.92 Å². The number of hydrogen-bond acceptors (Lipinski definition) is 4. The maximum Gasteiger partial charge on any atom is 0.259 e. The van der Waals surface area contributed by atoms with Gasteiger partial charge in [-0.1, -0.05) is 18.2 Å². The number of rotatable bonds is 7. The van der Waals surface area contributed by atoms with Gasteiger partial charge in [0, 0.05) is 28.4 Å². The lowest BCUT2D eigenvalue weighted by Crippen LogP contribution is -2.25. The molecule has 0 aliphatic carbocycles. The zero-order chi connectivity index (χ0) is 17.5. The van der Waals surface area contributed by atoms with Gasteiger partial charge < -0.3 is 15.0 Å². The summed E-state index contributed by atoms with van der Waals surface area (Å²) in [5, 5.41) is 8.11. The topological polar surface area (TPSA) is 78.5 Å². The molecule has 0 saturated carbocycles. The number of anilines is 1. The highest BCUT2D eigenvalue weighted by atomic mass is 16.5. The molecule has 25 heavy (non-hydrogen) atoms. The highest BCUT2D eigenvalue weighted by molar-refractivity contribution is 5.99. The second-order valence-electron chi connectivity index (χ2n) is 5.39. The lowest BCUT2D eigenvalue weighted by atomic mass is 10.2. The van der Waals surface area contributed by atoms with Gasteiger partial charge in [-0.25, -0.2) is 5.43 Å². The number of aromatic amines is 1. The first-order chi connectivity index (χ1) is 12.3. The van der Waals surface area contributed by atoms with Crippen LogP contribution in [0.2, 0.25) is 0 Å². The molecular weight excluding hydrogens is 316 g/mol. The van der Waals surface area contributed by atoms with Crippen molar-refractivity contribution < 1.29 is 9.53 Å². The number of nitrogens with zero attached hydrogens (tertiary/aromatic N) is 1. The van der Waals surface area contributed by atoms with Crippen LogP contribution in [0.15, 0.2) is 59.8 Å². The fourth-order valence-corrected chi connectivity index (χ4v) is 2.43. The van der Waals surface area contributed by atoms with E-state index in [-0.39, 0.29) is 12.5 Å². The molecule has 6 nitrogen and oxygen atoms in total. The van der Waals surface area contributed by atoms with Crippen LogP contribution in [0.3, 0.4) is 0 Å². The van der Waals surface area contributed by atoms with Crippen molar-refractivity contribution in [3.63, 3.8) is 0 Å². The minimum atomic E-state index is -0.218. The van der Waals surface area contributed by atoms with Gasteiger partial charge in [0.1, 0.15) is 5.75 Å². The Bertz CT molecular complexity index is 869. The number of para-hydroxylation sites is 1. The molecule has 2 aromatic carbocycles. The number of benzene rings is 2. The molecule has 0 spiro atoms. The summed E-state index contributed by atoms with van der Waals surface area (Å²) in [7, 11) is 0. The Labute approximate surface area is 145 Å². The zero-order valence-electron chi connectivity index (χ0n) is 14.0. The monoisotopic (exact) mass is 336 g/mol. The molecule has 0 fully saturated rings. The Morgan fingerprint density at radius 1 is 1.20 bits per heavy atom. The number of carbonyl (C=O) groups is 1. The molecule has 3 rings (SSSR count). The molecule has 0 saturated heterocycles. The fraction of sp³-hybridized carbons (Fsp3) is 0.158. The van der Waals surface area contributed by atoms with Crippen LogP contribution in [0, 0.1) is 0 Å². The third-order valence-corrected chi connectivity index (χ3v) is 3.63. The maximum atomic E-state index is 11.9. The second-order valence-corrected chi connectivity index (χ2v) is 5.39. The number of carbonyl (C=O) groups excluding carboxylic acids is 1. The molecule has 1 aromatic heterocycles. The molecule has 0 unspecified atom stereocenters. The molecule has 1 amide bonds. The summed E-state index contributed by atoms with van der Waals surface area (Å²) in [4.78, 5) is 15.0. The smallest absolute Gasteiger partial charge is 0.259 e. The van der Waals surface area contributed by atoms with Crippen LogP contribution < -0.4 is 15.5 Å². The van der Waals surface area contributed by atoms with Crippen molar-refractivity contribution >= 4 is 28.7 Å². The van der Waals surface area contributed by atoms with E-state index in [0.29, 0.717) is 6.61 Å². The molecule has 1 heterocycles. The summed E-state index contributed by atoms with van der Waals surface area (Å²) in [6, 6.07) is 15.4. The Kier molecular flexibility index (Phi) is 5.31. The predicted molar refractivity (Wildman–Crippen MR) is 100 cm³/mol. The van der Waals surface area contributed by atoms with Gasteiger partial charge in [-0.3, -0.25) is 4.79 Å². The van der Waals surface area contributed by atoms with Gasteiger partial charge in [0.15, 0.2) is 0 Å². The largest absolute Gasteiger partial charge is 0.494 e. The first-order valence-corrected chi connectivity index (χ1v) is 8.11. The molecule has 0 bridgehead atoms. The number of fused-ring (bicyclic) bond motifs is 1. The number of aromatic nitrogens is 1. The molecule has 0 aliphatic rings. The van der Waals surface area contributed by atoms with E-state index in [1.54, 1.807) is 6.21 Å². The summed E-state index contributed by atoms with van der Waals surface area (Å²) in [5.74, 6) is 0.589. The number of hydrazone groups is 1. The van der Waals surface area contributed by atoms with Gasteiger partial charge in [0.25, 0.3) is 5.91 Å². The van der Waals surface area contributed by atoms with E-state index in [9.17, 15) is 4.79 Å². The van der Waals surface area contributed by atoms with Crippen LogP contribution in [0.25, 0.3) is 10.9 Å². The molecule has 128 valence electrons. The van der Waals surface area contributed by atoms with Crippen molar-refractivity contribution in [2.75, 3.05) is 18.5 Å². The third-order valence-electron chi connectivity index (χ3n) is 3.63. The van der Waals surface area contributed by atoms with Crippen LogP contribution in [0.5, 0.6) is 5.75 Å². The first kappa shape index (κ1) is 16.6. The van der Waals surface area contributed by atoms with Crippen molar-refractivity contribution in [1.29, 1.82) is 0 Å². The number of hydrogen-bond donors (Lipinski definition) is 3. The molecular formula is C19H20N4O2. The van der Waals surface area contributed by atoms with Crippen LogP contribution >= 0.6 is 0 Å². The standard InChI is InChI=1S/C19H20N4O2/c1-2-25-16-9-7-15(8-10-16)20-13-19(24)23-22-12-14-11-21-18-6-4-3-5-17(14)18/h3-12,20-21H,2,13H2,1H3,(H,23,24). The van der Waals surface area contributed by atoms with E-state index in [2.05, 4.69) is 20.8 Å². The van der Waals surface area contributed by atoms with Gasteiger partial charge in [0.2, 0.25) is 0 Å². The Morgan fingerprint density at radius 2 is 2.00 bits per heavy atom. The van der Waals surface area contributed by atoms with Crippen molar-refractivity contribution in [3.8, 4) is 5.75 Å². The molecule has 0 atom stereocenters. The number of H-pyrrole nitrogens is 1. The average Bonchev–Trinajstić information content (AvgIpc) is 3.05. The third kappa shape index (κ3) is 4.38. The lowest BCUT2D eigenvalue weighted by molar-refractivity contribution is -0.119. The van der Waals surface area contributed by atoms with Gasteiger partial charge in [0.05, 0.1) is 19.4 Å². The van der Waals surface area contributed by atoms with E-state index in [0.717, 1.165) is 27.9 Å². The summed E-state index contributed by atoms with van der Waals surface area (Å²) in [5.41, 5.74) is 5.32. The van der Waals surface area contributed by atoms with Crippen molar-refractivity contribution in [1.82, 2.24) is 10.4 Å². The summed E-state index contributed by atoms with van der Waals surface area (Å²) in [6.45, 7) is 2.70. The summed E-state index contributed by atoms with van der Waals surface area (Å²) in [6.07, 6.45) is 3.49. The van der Waals surface area contributed by atoms with Crippen LogP contribution in [0.1, 0.15) is 12.5 Å². The van der Waals surface area contributed by atoms with E-state index < -0.39 is 0 Å². The molecule has 0 aliphatic heterocycles. The van der Waals surface area contributed by atoms with E-state index >= 15 is 0 Å². The number of nitrogens with one attached hydrogen (secondary N) is 3. The van der Waals surface area contributed by atoms with Crippen LogP contribution in [-0.4, -0.2) is 30.3 Å². The fourth-order valence-electron chi connectivity index (χ4n) is 2.43. The summed E-state index contributed by atoms with van der Waals surface area (Å²) >= 11 is 0. The molecule has 0 radical (unpaired) electrons. The van der Waals surface area contributed by atoms with Gasteiger partial charge >= 0.3 is 0 Å². The number of amides is 1. The minimum absolute atomic E-state index is 0.138. The van der Waals surface area contributed by atoms with Crippen molar-refractivity contribution in [3.05, 3.63) is 60.3 Å². The summed E-state index contributed by atoms with van der Waals surface area (Å²) < 4.78 is 5.38. The highest BCUT2D eigenvalue weighted by Crippen LogP contribution is 2.16. The average molecular weight is 336 g/mol. The predicted octanol–water partition coefficient (Wildman–Crippen LogP) is 3.13. The quantitative estimate of drug-likeness (QED) is 0.458. The van der Waals surface area contributed by atoms with Gasteiger partial charge in [-0.15, -0.1) is 0 Å². The normalized spacial score (nSPS) is 10.9. The van der Waals surface area contributed by atoms with E-state index in [4.69, 9.17) is 4.74 Å². The lowest BCUT2D eigenvalue weighted by Gasteiger charge is -2.07. The molecule has 6 heteroatoms. The maximum absolute atomic E-state index is 11.9. The Balaban J connectivity index is 1.49. The molecule has 3 N–H and O–H groups in total. The molecule has 3 aromatic rings. The van der Waals surface area contributed by atoms with Gasteiger partial charge in [-0.05, 0) is 37.3 Å². The van der Waals surface area contributed by atoms with Gasteiger partial charge in [-0.2, -0.15) is 5.10 Å². The highest BCUT2D eigenvalue weighted by Gasteiger charge is 2.02. The number of ether oxygens (including phenoxy) is 1. The van der Waals surface area contributed by atoms with E-state index in [1.807, 2.05) is 61.7 Å². The SMILES string of the molecule is CCOc1ccc(NCC(=O)NN=Cc2c[nH]c3ccccc23)cc1. The van der Waals surface area contributed by atoms with Crippen molar-refractivity contribution in [2.24, 2.45) is 5.10 Å². The van der Waals surface area contributed by atoms with Crippen LogP contribution in [-0.2, 0) is 4.79 Å². The first-order valence-electron chi connectivity index (χ1n) is 8.11.